The first-order chi connectivity index (χ1) is 10.1. The number of nitrogens with one attached hydrogen (secondary N) is 1. The van der Waals surface area contributed by atoms with Crippen molar-refractivity contribution < 1.29 is 9.53 Å². The van der Waals surface area contributed by atoms with Crippen LogP contribution in [-0.4, -0.2) is 30.5 Å². The summed E-state index contributed by atoms with van der Waals surface area (Å²) in [5.41, 5.74) is 1.09. The first-order valence-electron chi connectivity index (χ1n) is 7.81. The summed E-state index contributed by atoms with van der Waals surface area (Å²) in [4.78, 5) is 14.5. The molecule has 1 aliphatic heterocycles. The molecule has 4 nitrogen and oxygen atoms in total. The van der Waals surface area contributed by atoms with Crippen LogP contribution < -0.4 is 10.1 Å². The van der Waals surface area contributed by atoms with Crippen LogP contribution in [0, 0.1) is 5.92 Å². The average molecular weight is 290 g/mol. The van der Waals surface area contributed by atoms with Gasteiger partial charge in [0.2, 0.25) is 5.91 Å². The lowest BCUT2D eigenvalue weighted by molar-refractivity contribution is -0.130. The van der Waals surface area contributed by atoms with E-state index >= 15 is 0 Å². The van der Waals surface area contributed by atoms with Gasteiger partial charge in [-0.15, -0.1) is 0 Å². The highest BCUT2D eigenvalue weighted by atomic mass is 16.5. The molecule has 1 aliphatic rings. The van der Waals surface area contributed by atoms with Gasteiger partial charge < -0.3 is 9.64 Å². The number of hydrogen-bond donors (Lipinski definition) is 1. The molecule has 3 atom stereocenters. The molecular weight excluding hydrogens is 264 g/mol. The van der Waals surface area contributed by atoms with Crippen molar-refractivity contribution in [3.8, 4) is 5.75 Å². The Kier molecular flexibility index (Phi) is 5.23. The van der Waals surface area contributed by atoms with E-state index in [4.69, 9.17) is 4.74 Å². The molecule has 4 heteroatoms. The van der Waals surface area contributed by atoms with E-state index < -0.39 is 0 Å². The van der Waals surface area contributed by atoms with Crippen LogP contribution in [0.3, 0.4) is 0 Å². The van der Waals surface area contributed by atoms with Gasteiger partial charge in [0.15, 0.2) is 0 Å². The van der Waals surface area contributed by atoms with Gasteiger partial charge in [-0.05, 0) is 30.0 Å². The molecule has 3 unspecified atom stereocenters. The molecule has 21 heavy (non-hydrogen) atoms. The fourth-order valence-electron chi connectivity index (χ4n) is 2.72. The van der Waals surface area contributed by atoms with Gasteiger partial charge >= 0.3 is 0 Å². The van der Waals surface area contributed by atoms with E-state index in [1.165, 1.54) is 0 Å². The number of hydrogen-bond acceptors (Lipinski definition) is 3. The van der Waals surface area contributed by atoms with Gasteiger partial charge in [0.1, 0.15) is 11.9 Å². The van der Waals surface area contributed by atoms with E-state index in [0.29, 0.717) is 5.92 Å². The Morgan fingerprint density at radius 1 is 1.38 bits per heavy atom. The molecular formula is C17H26N2O2. The maximum Gasteiger partial charge on any atom is 0.241 e. The predicted molar refractivity (Wildman–Crippen MR) is 84.1 cm³/mol. The molecule has 2 rings (SSSR count). The minimum absolute atomic E-state index is 0.0495. The number of rotatable bonds is 6. The molecule has 116 valence electrons. The maximum atomic E-state index is 12.6. The van der Waals surface area contributed by atoms with Crippen LogP contribution in [0.1, 0.15) is 45.3 Å². The second kappa shape index (κ2) is 6.94. The normalized spacial score (nSPS) is 23.4. The standard InChI is InChI=1S/C17H26N2O2/c1-5-12(3)11-19-16(18-15(6-2)17(19)20)13-8-7-9-14(10-13)21-4/h7-10,12,15-16,18H,5-6,11H2,1-4H3. The highest BCUT2D eigenvalue weighted by Crippen LogP contribution is 2.29. The zero-order valence-corrected chi connectivity index (χ0v) is 13.4. The first kappa shape index (κ1) is 15.8. The van der Waals surface area contributed by atoms with Crippen molar-refractivity contribution in [3.05, 3.63) is 29.8 Å². The Morgan fingerprint density at radius 3 is 2.76 bits per heavy atom. The number of benzene rings is 1. The quantitative estimate of drug-likeness (QED) is 0.876. The molecule has 0 aliphatic carbocycles. The molecule has 0 bridgehead atoms. The van der Waals surface area contributed by atoms with E-state index in [1.54, 1.807) is 7.11 Å². The van der Waals surface area contributed by atoms with E-state index in [1.807, 2.05) is 30.0 Å². The van der Waals surface area contributed by atoms with Crippen LogP contribution in [0.15, 0.2) is 24.3 Å². The number of nitrogens with zero attached hydrogens (tertiary/aromatic N) is 1. The van der Waals surface area contributed by atoms with Gasteiger partial charge in [0.25, 0.3) is 0 Å². The Hall–Kier alpha value is -1.55. The Balaban J connectivity index is 2.27. The molecule has 0 radical (unpaired) electrons. The third-order valence-corrected chi connectivity index (χ3v) is 4.27. The van der Waals surface area contributed by atoms with E-state index in [2.05, 4.69) is 25.2 Å². The summed E-state index contributed by atoms with van der Waals surface area (Å²) in [7, 11) is 1.66. The van der Waals surface area contributed by atoms with Crippen LogP contribution in [0.25, 0.3) is 0 Å². The Morgan fingerprint density at radius 2 is 2.14 bits per heavy atom. The van der Waals surface area contributed by atoms with Gasteiger partial charge in [-0.3, -0.25) is 10.1 Å². The van der Waals surface area contributed by atoms with Crippen LogP contribution in [-0.2, 0) is 4.79 Å². The van der Waals surface area contributed by atoms with Crippen LogP contribution in [0.5, 0.6) is 5.75 Å². The molecule has 0 spiro atoms. The maximum absolute atomic E-state index is 12.6. The molecule has 1 N–H and O–H groups in total. The highest BCUT2D eigenvalue weighted by Gasteiger charge is 2.38. The monoisotopic (exact) mass is 290 g/mol. The number of ether oxygens (including phenoxy) is 1. The van der Waals surface area contributed by atoms with E-state index in [0.717, 1.165) is 30.7 Å². The predicted octanol–water partition coefficient (Wildman–Crippen LogP) is 2.95. The van der Waals surface area contributed by atoms with Gasteiger partial charge in [-0.2, -0.15) is 0 Å². The van der Waals surface area contributed by atoms with Crippen molar-refractivity contribution in [2.75, 3.05) is 13.7 Å². The van der Waals surface area contributed by atoms with Gasteiger partial charge in [0.05, 0.1) is 13.2 Å². The first-order valence-corrected chi connectivity index (χ1v) is 7.81. The average Bonchev–Trinajstić information content (AvgIpc) is 2.83. The largest absolute Gasteiger partial charge is 0.497 e. The molecule has 0 saturated carbocycles. The molecule has 1 heterocycles. The second-order valence-corrected chi connectivity index (χ2v) is 5.81. The van der Waals surface area contributed by atoms with Crippen molar-refractivity contribution in [1.82, 2.24) is 10.2 Å². The molecule has 0 aromatic heterocycles. The zero-order valence-electron chi connectivity index (χ0n) is 13.4. The molecule has 1 saturated heterocycles. The minimum atomic E-state index is -0.0785. The zero-order chi connectivity index (χ0) is 15.4. The minimum Gasteiger partial charge on any atom is -0.497 e. The topological polar surface area (TPSA) is 41.6 Å². The summed E-state index contributed by atoms with van der Waals surface area (Å²) in [5.74, 6) is 1.54. The summed E-state index contributed by atoms with van der Waals surface area (Å²) >= 11 is 0. The number of amides is 1. The lowest BCUT2D eigenvalue weighted by Gasteiger charge is -2.27. The lowest BCUT2D eigenvalue weighted by atomic mass is 10.1. The summed E-state index contributed by atoms with van der Waals surface area (Å²) in [6.07, 6.45) is 1.84. The van der Waals surface area contributed by atoms with Crippen LogP contribution in [0.4, 0.5) is 0 Å². The van der Waals surface area contributed by atoms with Gasteiger partial charge in [-0.25, -0.2) is 0 Å². The van der Waals surface area contributed by atoms with Crippen LogP contribution in [0.2, 0.25) is 0 Å². The fourth-order valence-corrected chi connectivity index (χ4v) is 2.72. The summed E-state index contributed by atoms with van der Waals surface area (Å²) in [5, 5.41) is 3.46. The van der Waals surface area contributed by atoms with E-state index in [-0.39, 0.29) is 18.1 Å². The third-order valence-electron chi connectivity index (χ3n) is 4.27. The molecule has 1 amide bonds. The molecule has 1 aromatic rings. The van der Waals surface area contributed by atoms with Gasteiger partial charge in [0, 0.05) is 6.54 Å². The summed E-state index contributed by atoms with van der Waals surface area (Å²) in [6.45, 7) is 7.19. The fraction of sp³-hybridized carbons (Fsp3) is 0.588. The van der Waals surface area contributed by atoms with Crippen molar-refractivity contribution >= 4 is 5.91 Å². The Bertz CT molecular complexity index is 489. The van der Waals surface area contributed by atoms with Crippen molar-refractivity contribution in [3.63, 3.8) is 0 Å². The SMILES string of the molecule is CCC(C)CN1C(=O)C(CC)NC1c1cccc(OC)c1. The highest BCUT2D eigenvalue weighted by molar-refractivity contribution is 5.84. The summed E-state index contributed by atoms with van der Waals surface area (Å²) < 4.78 is 5.30. The van der Waals surface area contributed by atoms with E-state index in [9.17, 15) is 4.79 Å². The van der Waals surface area contributed by atoms with Crippen molar-refractivity contribution in [2.24, 2.45) is 5.92 Å². The smallest absolute Gasteiger partial charge is 0.241 e. The number of carbonyl (C=O) groups is 1. The summed E-state index contributed by atoms with van der Waals surface area (Å²) in [6, 6.07) is 7.88. The number of methoxy groups -OCH3 is 1. The lowest BCUT2D eigenvalue weighted by Crippen LogP contribution is -2.34. The molecule has 1 fully saturated rings. The Labute approximate surface area is 127 Å². The molecule has 1 aromatic carbocycles. The van der Waals surface area contributed by atoms with Crippen molar-refractivity contribution in [1.29, 1.82) is 0 Å². The van der Waals surface area contributed by atoms with Crippen molar-refractivity contribution in [2.45, 2.75) is 45.8 Å². The third kappa shape index (κ3) is 3.38. The van der Waals surface area contributed by atoms with Gasteiger partial charge in [-0.1, -0.05) is 39.3 Å². The number of carbonyl (C=O) groups excluding carboxylic acids is 1. The second-order valence-electron chi connectivity index (χ2n) is 5.81. The van der Waals surface area contributed by atoms with Crippen LogP contribution >= 0.6 is 0 Å².